The van der Waals surface area contributed by atoms with Crippen LogP contribution in [0.3, 0.4) is 0 Å². The molecule has 4 rings (SSSR count). The highest BCUT2D eigenvalue weighted by molar-refractivity contribution is 5.44. The fourth-order valence-corrected chi connectivity index (χ4v) is 2.55. The highest BCUT2D eigenvalue weighted by Gasteiger charge is 2.22. The Morgan fingerprint density at radius 3 is 2.08 bits per heavy atom. The van der Waals surface area contributed by atoms with Crippen molar-refractivity contribution in [2.75, 3.05) is 26.6 Å². The van der Waals surface area contributed by atoms with Crippen LogP contribution in [0.15, 0.2) is 48.5 Å². The molecule has 2 aromatic rings. The molecule has 0 saturated carbocycles. The molecule has 4 heteroatoms. The van der Waals surface area contributed by atoms with Gasteiger partial charge >= 0.3 is 0 Å². The van der Waals surface area contributed by atoms with Gasteiger partial charge in [-0.3, -0.25) is 0 Å². The van der Waals surface area contributed by atoms with Gasteiger partial charge in [0.15, 0.2) is 6.79 Å². The van der Waals surface area contributed by atoms with Gasteiger partial charge in [0.05, 0.1) is 25.9 Å². The quantitative estimate of drug-likeness (QED) is 0.317. The van der Waals surface area contributed by atoms with Crippen molar-refractivity contribution >= 4 is 0 Å². The van der Waals surface area contributed by atoms with Crippen molar-refractivity contribution in [2.45, 2.75) is 25.0 Å². The molecule has 2 aliphatic rings. The molecule has 0 bridgehead atoms. The summed E-state index contributed by atoms with van der Waals surface area (Å²) >= 11 is 0. The highest BCUT2D eigenvalue weighted by Crippen LogP contribution is 2.17. The van der Waals surface area contributed by atoms with Crippen LogP contribution < -0.4 is 4.74 Å². The Kier molecular flexibility index (Phi) is 5.51. The maximum Gasteiger partial charge on any atom is 0.189 e. The van der Waals surface area contributed by atoms with Crippen molar-refractivity contribution in [3.05, 3.63) is 65.2 Å². The second-order valence-electron chi connectivity index (χ2n) is 6.55. The molecule has 2 unspecified atom stereocenters. The van der Waals surface area contributed by atoms with Gasteiger partial charge in [-0.25, -0.2) is 0 Å². The lowest BCUT2D eigenvalue weighted by Crippen LogP contribution is -2.07. The molecule has 2 aromatic carbocycles. The maximum absolute atomic E-state index is 5.52. The maximum atomic E-state index is 5.52. The smallest absolute Gasteiger partial charge is 0.189 e. The van der Waals surface area contributed by atoms with Gasteiger partial charge in [0.2, 0.25) is 0 Å². The molecule has 26 heavy (non-hydrogen) atoms. The van der Waals surface area contributed by atoms with Crippen LogP contribution in [-0.4, -0.2) is 38.8 Å². The first kappa shape index (κ1) is 17.1. The zero-order valence-electron chi connectivity index (χ0n) is 14.6. The Labute approximate surface area is 154 Å². The molecule has 0 radical (unpaired) electrons. The number of benzene rings is 2. The van der Waals surface area contributed by atoms with Crippen LogP contribution in [0.1, 0.15) is 23.1 Å². The molecule has 0 amide bonds. The average Bonchev–Trinajstić information content (AvgIpc) is 3.59. The molecule has 2 saturated heterocycles. The molecule has 0 aromatic heterocycles. The van der Waals surface area contributed by atoms with E-state index in [1.54, 1.807) is 0 Å². The standard InChI is InChI=1S/C22H22O4/c1-4-18(9-12-21-14-24-21)5-2-17(1)3-6-19-7-10-20(11-8-19)26-16-23-13-22-15-25-22/h1-2,4-5,7-8,10-11,21-22H,9,12-16H2. The fourth-order valence-electron chi connectivity index (χ4n) is 2.55. The van der Waals surface area contributed by atoms with Crippen molar-refractivity contribution in [3.8, 4) is 17.6 Å². The summed E-state index contributed by atoms with van der Waals surface area (Å²) in [4.78, 5) is 0. The number of epoxide rings is 2. The van der Waals surface area contributed by atoms with Gasteiger partial charge in [-0.05, 0) is 54.8 Å². The predicted molar refractivity (Wildman–Crippen MR) is 98.1 cm³/mol. The zero-order chi connectivity index (χ0) is 17.6. The monoisotopic (exact) mass is 350 g/mol. The number of aryl methyl sites for hydroxylation is 1. The van der Waals surface area contributed by atoms with E-state index < -0.39 is 0 Å². The Morgan fingerprint density at radius 1 is 0.846 bits per heavy atom. The molecule has 2 heterocycles. The van der Waals surface area contributed by atoms with Crippen LogP contribution in [-0.2, 0) is 20.6 Å². The second kappa shape index (κ2) is 8.37. The van der Waals surface area contributed by atoms with E-state index in [1.165, 1.54) is 5.56 Å². The molecule has 134 valence electrons. The van der Waals surface area contributed by atoms with Crippen LogP contribution in [0.2, 0.25) is 0 Å². The van der Waals surface area contributed by atoms with E-state index in [-0.39, 0.29) is 12.9 Å². The van der Waals surface area contributed by atoms with E-state index in [4.69, 9.17) is 18.9 Å². The first-order valence-corrected chi connectivity index (χ1v) is 9.00. The Morgan fingerprint density at radius 2 is 1.46 bits per heavy atom. The van der Waals surface area contributed by atoms with E-state index in [2.05, 4.69) is 36.1 Å². The second-order valence-corrected chi connectivity index (χ2v) is 6.55. The molecular formula is C22H22O4. The summed E-state index contributed by atoms with van der Waals surface area (Å²) in [6, 6.07) is 16.2. The zero-order valence-corrected chi connectivity index (χ0v) is 14.6. The van der Waals surface area contributed by atoms with Gasteiger partial charge in [-0.2, -0.15) is 0 Å². The number of hydrogen-bond donors (Lipinski definition) is 0. The summed E-state index contributed by atoms with van der Waals surface area (Å²) in [6.07, 6.45) is 2.92. The van der Waals surface area contributed by atoms with Crippen LogP contribution >= 0.6 is 0 Å². The number of hydrogen-bond acceptors (Lipinski definition) is 4. The van der Waals surface area contributed by atoms with Crippen molar-refractivity contribution in [2.24, 2.45) is 0 Å². The Balaban J connectivity index is 1.25. The summed E-state index contributed by atoms with van der Waals surface area (Å²) in [7, 11) is 0. The van der Waals surface area contributed by atoms with Crippen LogP contribution in [0.25, 0.3) is 0 Å². The molecule has 2 aliphatic heterocycles. The van der Waals surface area contributed by atoms with E-state index in [0.717, 1.165) is 42.9 Å². The van der Waals surface area contributed by atoms with Gasteiger partial charge in [0.1, 0.15) is 11.9 Å². The van der Waals surface area contributed by atoms with Gasteiger partial charge in [0.25, 0.3) is 0 Å². The lowest BCUT2D eigenvalue weighted by Gasteiger charge is -2.05. The topological polar surface area (TPSA) is 43.5 Å². The molecule has 0 aliphatic carbocycles. The van der Waals surface area contributed by atoms with Gasteiger partial charge in [-0.1, -0.05) is 24.0 Å². The largest absolute Gasteiger partial charge is 0.468 e. The third kappa shape index (κ3) is 5.60. The Bertz CT molecular complexity index is 763. The van der Waals surface area contributed by atoms with Gasteiger partial charge < -0.3 is 18.9 Å². The minimum Gasteiger partial charge on any atom is -0.468 e. The Hall–Kier alpha value is -2.32. The van der Waals surface area contributed by atoms with E-state index >= 15 is 0 Å². The van der Waals surface area contributed by atoms with E-state index in [9.17, 15) is 0 Å². The first-order chi connectivity index (χ1) is 12.8. The predicted octanol–water partition coefficient (Wildman–Crippen LogP) is 3.17. The van der Waals surface area contributed by atoms with Crippen molar-refractivity contribution in [1.29, 1.82) is 0 Å². The summed E-state index contributed by atoms with van der Waals surface area (Å²) in [5, 5.41) is 0. The van der Waals surface area contributed by atoms with Crippen molar-refractivity contribution in [1.82, 2.24) is 0 Å². The van der Waals surface area contributed by atoms with Gasteiger partial charge in [-0.15, -0.1) is 0 Å². The summed E-state index contributed by atoms with van der Waals surface area (Å²) in [6.45, 7) is 2.56. The SMILES string of the molecule is C(#Cc1ccc(OCOCC2CO2)cc1)c1ccc(CCC2CO2)cc1. The number of rotatable bonds is 8. The van der Waals surface area contributed by atoms with Crippen LogP contribution in [0, 0.1) is 11.8 Å². The summed E-state index contributed by atoms with van der Waals surface area (Å²) in [5.74, 6) is 7.16. The third-order valence-electron chi connectivity index (χ3n) is 4.33. The third-order valence-corrected chi connectivity index (χ3v) is 4.33. The van der Waals surface area contributed by atoms with E-state index in [0.29, 0.717) is 12.7 Å². The lowest BCUT2D eigenvalue weighted by atomic mass is 10.1. The lowest BCUT2D eigenvalue weighted by molar-refractivity contribution is 0.00821. The van der Waals surface area contributed by atoms with E-state index in [1.807, 2.05) is 24.3 Å². The molecule has 2 fully saturated rings. The average molecular weight is 350 g/mol. The first-order valence-electron chi connectivity index (χ1n) is 9.00. The highest BCUT2D eigenvalue weighted by atomic mass is 16.7. The van der Waals surface area contributed by atoms with Gasteiger partial charge in [0, 0.05) is 11.1 Å². The molecule has 2 atom stereocenters. The van der Waals surface area contributed by atoms with Crippen molar-refractivity contribution in [3.63, 3.8) is 0 Å². The van der Waals surface area contributed by atoms with Crippen LogP contribution in [0.4, 0.5) is 0 Å². The molecule has 0 N–H and O–H groups in total. The molecule has 0 spiro atoms. The molecule has 4 nitrogen and oxygen atoms in total. The fraction of sp³-hybridized carbons (Fsp3) is 0.364. The summed E-state index contributed by atoms with van der Waals surface area (Å²) < 4.78 is 21.2. The van der Waals surface area contributed by atoms with Crippen LogP contribution in [0.5, 0.6) is 5.75 Å². The summed E-state index contributed by atoms with van der Waals surface area (Å²) in [5.41, 5.74) is 3.31. The minimum absolute atomic E-state index is 0.240. The minimum atomic E-state index is 0.240. The number of ether oxygens (including phenoxy) is 4. The van der Waals surface area contributed by atoms with Crippen molar-refractivity contribution < 1.29 is 18.9 Å². The molecular weight excluding hydrogens is 328 g/mol. The normalized spacial score (nSPS) is 20.2.